The Morgan fingerprint density at radius 3 is 2.71 bits per heavy atom. The number of carbonyl (C=O) groups excluding carboxylic acids is 2. The summed E-state index contributed by atoms with van der Waals surface area (Å²) < 4.78 is 0. The summed E-state index contributed by atoms with van der Waals surface area (Å²) in [5.41, 5.74) is 1.16. The summed E-state index contributed by atoms with van der Waals surface area (Å²) in [6, 6.07) is 8.01. The Hall–Kier alpha value is -1.59. The summed E-state index contributed by atoms with van der Waals surface area (Å²) >= 11 is 6.03. The first-order chi connectivity index (χ1) is 11.6. The fraction of sp³-hybridized carbons (Fsp3) is 0.556. The molecule has 1 saturated carbocycles. The average molecular weight is 350 g/mol. The molecule has 2 N–H and O–H groups in total. The molecule has 6 heteroatoms. The van der Waals surface area contributed by atoms with Gasteiger partial charge in [-0.2, -0.15) is 0 Å². The summed E-state index contributed by atoms with van der Waals surface area (Å²) in [7, 11) is 1.65. The molecule has 1 saturated heterocycles. The van der Waals surface area contributed by atoms with Crippen molar-refractivity contribution < 1.29 is 9.59 Å². The first-order valence-electron chi connectivity index (χ1n) is 8.55. The monoisotopic (exact) mass is 349 g/mol. The number of benzene rings is 1. The van der Waals surface area contributed by atoms with Gasteiger partial charge in [0.05, 0.1) is 6.54 Å². The third-order valence-corrected chi connectivity index (χ3v) is 5.22. The van der Waals surface area contributed by atoms with E-state index in [0.29, 0.717) is 12.5 Å². The number of hydrogen-bond acceptors (Lipinski definition) is 3. The molecule has 2 fully saturated rings. The number of likely N-dealkylation sites (N-methyl/N-ethyl adjacent to an activating group) is 1. The molecule has 1 aromatic carbocycles. The van der Waals surface area contributed by atoms with Crippen LogP contribution in [0.4, 0.5) is 0 Å². The molecule has 5 nitrogen and oxygen atoms in total. The minimum atomic E-state index is 0.0415. The van der Waals surface area contributed by atoms with Gasteiger partial charge in [-0.3, -0.25) is 14.5 Å². The van der Waals surface area contributed by atoms with Crippen molar-refractivity contribution in [3.05, 3.63) is 34.9 Å². The van der Waals surface area contributed by atoms with E-state index in [2.05, 4.69) is 15.5 Å². The predicted molar refractivity (Wildman–Crippen MR) is 94.0 cm³/mol. The summed E-state index contributed by atoms with van der Waals surface area (Å²) in [5.74, 6) is 0.578. The molecule has 1 aromatic rings. The van der Waals surface area contributed by atoms with E-state index in [1.807, 2.05) is 24.3 Å². The molecule has 0 radical (unpaired) electrons. The van der Waals surface area contributed by atoms with Crippen molar-refractivity contribution in [2.45, 2.75) is 31.2 Å². The van der Waals surface area contributed by atoms with Crippen molar-refractivity contribution in [2.24, 2.45) is 5.92 Å². The summed E-state index contributed by atoms with van der Waals surface area (Å²) in [6.07, 6.45) is 2.70. The fourth-order valence-electron chi connectivity index (χ4n) is 3.42. The number of likely N-dealkylation sites (tertiary alicyclic amines) is 1. The lowest BCUT2D eigenvalue weighted by Gasteiger charge is -2.31. The standard InChI is InChI=1S/C18H24ClN3O2/c1-20-17(23)11-22-7-5-14(6-8-22)21-18(24)16-10-15(16)12-3-2-4-13(19)9-12/h2-4,9,14-16H,5-8,10-11H2,1H3,(H,20,23)(H,21,24)/t15-,16+/m0/s1. The average Bonchev–Trinajstić information content (AvgIpc) is 3.37. The van der Waals surface area contributed by atoms with Gasteiger partial charge in [-0.15, -0.1) is 0 Å². The van der Waals surface area contributed by atoms with Gasteiger partial charge in [0, 0.05) is 37.1 Å². The van der Waals surface area contributed by atoms with Gasteiger partial charge in [0.1, 0.15) is 0 Å². The lowest BCUT2D eigenvalue weighted by atomic mass is 10.0. The molecule has 1 aliphatic carbocycles. The quantitative estimate of drug-likeness (QED) is 0.851. The van der Waals surface area contributed by atoms with E-state index >= 15 is 0 Å². The van der Waals surface area contributed by atoms with Crippen LogP contribution in [0.3, 0.4) is 0 Å². The van der Waals surface area contributed by atoms with Crippen LogP contribution in [-0.4, -0.2) is 49.4 Å². The number of amides is 2. The van der Waals surface area contributed by atoms with Crippen molar-refractivity contribution in [1.82, 2.24) is 15.5 Å². The van der Waals surface area contributed by atoms with E-state index in [9.17, 15) is 9.59 Å². The normalized spacial score (nSPS) is 24.4. The minimum absolute atomic E-state index is 0.0415. The van der Waals surface area contributed by atoms with Gasteiger partial charge in [0.2, 0.25) is 11.8 Å². The Kier molecular flexibility index (Phi) is 5.41. The Balaban J connectivity index is 1.43. The molecular formula is C18H24ClN3O2. The molecule has 0 bridgehead atoms. The third-order valence-electron chi connectivity index (χ3n) is 4.98. The molecule has 1 heterocycles. The predicted octanol–water partition coefficient (Wildman–Crippen LogP) is 1.77. The molecule has 1 aliphatic heterocycles. The van der Waals surface area contributed by atoms with Crippen LogP contribution in [0.1, 0.15) is 30.7 Å². The maximum Gasteiger partial charge on any atom is 0.233 e. The molecule has 2 aliphatic rings. The van der Waals surface area contributed by atoms with Crippen molar-refractivity contribution in [2.75, 3.05) is 26.7 Å². The number of nitrogens with one attached hydrogen (secondary N) is 2. The van der Waals surface area contributed by atoms with Gasteiger partial charge in [-0.25, -0.2) is 0 Å². The van der Waals surface area contributed by atoms with Crippen LogP contribution in [0.5, 0.6) is 0 Å². The maximum absolute atomic E-state index is 12.4. The molecule has 3 rings (SSSR count). The van der Waals surface area contributed by atoms with Crippen LogP contribution in [0.25, 0.3) is 0 Å². The van der Waals surface area contributed by atoms with Crippen LogP contribution >= 0.6 is 11.6 Å². The van der Waals surface area contributed by atoms with Crippen LogP contribution in [0.2, 0.25) is 5.02 Å². The van der Waals surface area contributed by atoms with Crippen LogP contribution in [0.15, 0.2) is 24.3 Å². The second-order valence-corrected chi connectivity index (χ2v) is 7.17. The fourth-order valence-corrected chi connectivity index (χ4v) is 3.61. The summed E-state index contributed by atoms with van der Waals surface area (Å²) in [6.45, 7) is 2.14. The molecule has 0 unspecified atom stereocenters. The van der Waals surface area contributed by atoms with E-state index in [-0.39, 0.29) is 23.8 Å². The van der Waals surface area contributed by atoms with Crippen molar-refractivity contribution >= 4 is 23.4 Å². The van der Waals surface area contributed by atoms with Gasteiger partial charge < -0.3 is 10.6 Å². The smallest absolute Gasteiger partial charge is 0.233 e. The molecule has 130 valence electrons. The zero-order valence-electron chi connectivity index (χ0n) is 13.9. The highest BCUT2D eigenvalue weighted by atomic mass is 35.5. The first-order valence-corrected chi connectivity index (χ1v) is 8.93. The van der Waals surface area contributed by atoms with Crippen LogP contribution < -0.4 is 10.6 Å². The van der Waals surface area contributed by atoms with Crippen molar-refractivity contribution in [3.8, 4) is 0 Å². The van der Waals surface area contributed by atoms with Crippen molar-refractivity contribution in [3.63, 3.8) is 0 Å². The molecule has 24 heavy (non-hydrogen) atoms. The largest absolute Gasteiger partial charge is 0.358 e. The van der Waals surface area contributed by atoms with Gasteiger partial charge >= 0.3 is 0 Å². The molecule has 0 spiro atoms. The SMILES string of the molecule is CNC(=O)CN1CCC(NC(=O)[C@@H]2C[C@H]2c2cccc(Cl)c2)CC1. The van der Waals surface area contributed by atoms with E-state index in [0.717, 1.165) is 42.9 Å². The van der Waals surface area contributed by atoms with Crippen molar-refractivity contribution in [1.29, 1.82) is 0 Å². The van der Waals surface area contributed by atoms with Gasteiger partial charge in [0.15, 0.2) is 0 Å². The van der Waals surface area contributed by atoms with Gasteiger partial charge in [0.25, 0.3) is 0 Å². The maximum atomic E-state index is 12.4. The molecule has 2 amide bonds. The lowest BCUT2D eigenvalue weighted by molar-refractivity contribution is -0.124. The second kappa shape index (κ2) is 7.53. The number of nitrogens with zero attached hydrogens (tertiary/aromatic N) is 1. The van der Waals surface area contributed by atoms with Gasteiger partial charge in [-0.1, -0.05) is 23.7 Å². The highest BCUT2D eigenvalue weighted by Crippen LogP contribution is 2.48. The topological polar surface area (TPSA) is 61.4 Å². The number of hydrogen-bond donors (Lipinski definition) is 2. The Labute approximate surface area is 147 Å². The minimum Gasteiger partial charge on any atom is -0.358 e. The lowest BCUT2D eigenvalue weighted by Crippen LogP contribution is -2.47. The van der Waals surface area contributed by atoms with E-state index in [4.69, 9.17) is 11.6 Å². The van der Waals surface area contributed by atoms with E-state index in [1.165, 1.54) is 0 Å². The third kappa shape index (κ3) is 4.28. The molecular weight excluding hydrogens is 326 g/mol. The van der Waals surface area contributed by atoms with E-state index in [1.54, 1.807) is 7.05 Å². The highest BCUT2D eigenvalue weighted by Gasteiger charge is 2.44. The molecule has 0 aromatic heterocycles. The summed E-state index contributed by atoms with van der Waals surface area (Å²) in [5, 5.41) is 6.55. The number of halogens is 1. The Morgan fingerprint density at radius 2 is 2.04 bits per heavy atom. The summed E-state index contributed by atoms with van der Waals surface area (Å²) in [4.78, 5) is 26.0. The van der Waals surface area contributed by atoms with Gasteiger partial charge in [-0.05, 0) is 42.9 Å². The second-order valence-electron chi connectivity index (χ2n) is 6.74. The highest BCUT2D eigenvalue weighted by molar-refractivity contribution is 6.30. The van der Waals surface area contributed by atoms with Crippen LogP contribution in [0, 0.1) is 5.92 Å². The Bertz CT molecular complexity index is 614. The van der Waals surface area contributed by atoms with E-state index < -0.39 is 0 Å². The Morgan fingerprint density at radius 1 is 1.29 bits per heavy atom. The number of carbonyl (C=O) groups is 2. The zero-order chi connectivity index (χ0) is 17.1. The molecule has 2 atom stereocenters. The van der Waals surface area contributed by atoms with Crippen LogP contribution in [-0.2, 0) is 9.59 Å². The first kappa shape index (κ1) is 17.2. The number of piperidine rings is 1. The zero-order valence-corrected chi connectivity index (χ0v) is 14.7. The number of rotatable bonds is 5.